The van der Waals surface area contributed by atoms with Crippen LogP contribution in [0.25, 0.3) is 0 Å². The fraction of sp³-hybridized carbons (Fsp3) is 0.200. The van der Waals surface area contributed by atoms with Crippen LogP contribution in [0.3, 0.4) is 0 Å². The topological polar surface area (TPSA) is 18.5 Å². The van der Waals surface area contributed by atoms with E-state index >= 15 is 0 Å². The van der Waals surface area contributed by atoms with Gasteiger partial charge in [-0.3, -0.25) is 0 Å². The van der Waals surface area contributed by atoms with Crippen LogP contribution in [-0.2, 0) is 0 Å². The van der Waals surface area contributed by atoms with Crippen LogP contribution >= 0.6 is 0 Å². The maximum Gasteiger partial charge on any atom is 0.126 e. The Hall–Kier alpha value is -1.44. The molecule has 1 aromatic rings. The Balaban J connectivity index is 2.64. The summed E-state index contributed by atoms with van der Waals surface area (Å²) in [6, 6.07) is 7.41. The van der Waals surface area contributed by atoms with Gasteiger partial charge in [-0.15, -0.1) is 0 Å². The Labute approximate surface area is 72.4 Å². The molecule has 0 amide bonds. The van der Waals surface area contributed by atoms with Crippen molar-refractivity contribution in [2.45, 2.75) is 6.92 Å². The molecule has 0 radical (unpaired) electrons. The molecule has 0 aliphatic heterocycles. The first-order valence-corrected chi connectivity index (χ1v) is 3.87. The average Bonchev–Trinajstić information content (AvgIpc) is 2.09. The van der Waals surface area contributed by atoms with E-state index in [9.17, 15) is 0 Å². The summed E-state index contributed by atoms with van der Waals surface area (Å²) < 4.78 is 10.3. The summed E-state index contributed by atoms with van der Waals surface area (Å²) >= 11 is 0. The molecule has 2 heteroatoms. The Bertz CT molecular complexity index is 239. The molecule has 0 saturated heterocycles. The Morgan fingerprint density at radius 1 is 1.25 bits per heavy atom. The van der Waals surface area contributed by atoms with Crippen LogP contribution in [0.2, 0.25) is 0 Å². The van der Waals surface area contributed by atoms with Crippen LogP contribution < -0.4 is 9.47 Å². The molecule has 1 aromatic carbocycles. The molecular formula is C10H12O2. The van der Waals surface area contributed by atoms with Crippen LogP contribution in [0.4, 0.5) is 0 Å². The van der Waals surface area contributed by atoms with Crippen LogP contribution in [0, 0.1) is 0 Å². The van der Waals surface area contributed by atoms with Gasteiger partial charge in [0.05, 0.1) is 12.9 Å². The zero-order valence-corrected chi connectivity index (χ0v) is 7.12. The van der Waals surface area contributed by atoms with E-state index in [0.29, 0.717) is 6.61 Å². The van der Waals surface area contributed by atoms with Gasteiger partial charge in [0.25, 0.3) is 0 Å². The number of hydrogen-bond donors (Lipinski definition) is 0. The first kappa shape index (κ1) is 8.65. The van der Waals surface area contributed by atoms with Gasteiger partial charge in [-0.1, -0.05) is 6.58 Å². The van der Waals surface area contributed by atoms with Gasteiger partial charge in [0.2, 0.25) is 0 Å². The van der Waals surface area contributed by atoms with Crippen molar-refractivity contribution in [1.82, 2.24) is 0 Å². The lowest BCUT2D eigenvalue weighted by atomic mass is 10.3. The van der Waals surface area contributed by atoms with Gasteiger partial charge in [-0.2, -0.15) is 0 Å². The van der Waals surface area contributed by atoms with Crippen molar-refractivity contribution in [3.05, 3.63) is 37.1 Å². The van der Waals surface area contributed by atoms with Crippen molar-refractivity contribution in [1.29, 1.82) is 0 Å². The van der Waals surface area contributed by atoms with E-state index in [4.69, 9.17) is 9.47 Å². The van der Waals surface area contributed by atoms with E-state index in [0.717, 1.165) is 11.5 Å². The molecule has 12 heavy (non-hydrogen) atoms. The molecule has 0 unspecified atom stereocenters. The third-order valence-electron chi connectivity index (χ3n) is 1.35. The molecular weight excluding hydrogens is 152 g/mol. The quantitative estimate of drug-likeness (QED) is 0.637. The van der Waals surface area contributed by atoms with E-state index < -0.39 is 0 Å². The summed E-state index contributed by atoms with van der Waals surface area (Å²) in [5.41, 5.74) is 0. The van der Waals surface area contributed by atoms with Gasteiger partial charge < -0.3 is 9.47 Å². The largest absolute Gasteiger partial charge is 0.494 e. The lowest BCUT2D eigenvalue weighted by molar-refractivity contribution is 0.339. The van der Waals surface area contributed by atoms with Crippen molar-refractivity contribution in [2.75, 3.05) is 6.61 Å². The van der Waals surface area contributed by atoms with Crippen molar-refractivity contribution >= 4 is 0 Å². The van der Waals surface area contributed by atoms with Gasteiger partial charge in [-0.05, 0) is 31.2 Å². The molecule has 0 N–H and O–H groups in total. The van der Waals surface area contributed by atoms with Crippen molar-refractivity contribution < 1.29 is 9.47 Å². The molecule has 0 fully saturated rings. The summed E-state index contributed by atoms with van der Waals surface area (Å²) in [5.74, 6) is 1.63. The van der Waals surface area contributed by atoms with Crippen LogP contribution in [0.1, 0.15) is 6.92 Å². The summed E-state index contributed by atoms with van der Waals surface area (Å²) in [4.78, 5) is 0. The molecule has 1 rings (SSSR count). The average molecular weight is 164 g/mol. The van der Waals surface area contributed by atoms with Crippen LogP contribution in [0.15, 0.2) is 37.1 Å². The number of rotatable bonds is 4. The maximum absolute atomic E-state index is 5.26. The normalized spacial score (nSPS) is 9.08. The van der Waals surface area contributed by atoms with Crippen molar-refractivity contribution in [3.8, 4) is 11.5 Å². The van der Waals surface area contributed by atoms with Gasteiger partial charge in [0, 0.05) is 0 Å². The molecule has 0 spiro atoms. The minimum Gasteiger partial charge on any atom is -0.494 e. The SMILES string of the molecule is C=COc1ccc(OCC)cc1. The number of benzene rings is 1. The lowest BCUT2D eigenvalue weighted by Gasteiger charge is -2.03. The minimum absolute atomic E-state index is 0.682. The first-order valence-electron chi connectivity index (χ1n) is 3.87. The lowest BCUT2D eigenvalue weighted by Crippen LogP contribution is -1.90. The summed E-state index contributed by atoms with van der Waals surface area (Å²) in [7, 11) is 0. The molecule has 0 aliphatic carbocycles. The third-order valence-corrected chi connectivity index (χ3v) is 1.35. The standard InChI is InChI=1S/C10H12O2/c1-3-11-9-5-7-10(8-6-9)12-4-2/h3,5-8H,1,4H2,2H3. The van der Waals surface area contributed by atoms with Crippen molar-refractivity contribution in [2.24, 2.45) is 0 Å². The smallest absolute Gasteiger partial charge is 0.126 e. The van der Waals surface area contributed by atoms with Gasteiger partial charge in [-0.25, -0.2) is 0 Å². The molecule has 0 bridgehead atoms. The second-order valence-electron chi connectivity index (χ2n) is 2.19. The molecule has 64 valence electrons. The van der Waals surface area contributed by atoms with E-state index in [1.165, 1.54) is 6.26 Å². The van der Waals surface area contributed by atoms with E-state index in [2.05, 4.69) is 6.58 Å². The molecule has 0 aliphatic rings. The highest BCUT2D eigenvalue weighted by Crippen LogP contribution is 2.17. The monoisotopic (exact) mass is 164 g/mol. The highest BCUT2D eigenvalue weighted by atomic mass is 16.5. The van der Waals surface area contributed by atoms with E-state index in [1.54, 1.807) is 0 Å². The highest BCUT2D eigenvalue weighted by Gasteiger charge is 1.92. The maximum atomic E-state index is 5.26. The third kappa shape index (κ3) is 2.31. The number of ether oxygens (including phenoxy) is 2. The fourth-order valence-electron chi connectivity index (χ4n) is 0.877. The van der Waals surface area contributed by atoms with Gasteiger partial charge in [0.1, 0.15) is 11.5 Å². The summed E-state index contributed by atoms with van der Waals surface area (Å²) in [6.07, 6.45) is 1.40. The van der Waals surface area contributed by atoms with Crippen molar-refractivity contribution in [3.63, 3.8) is 0 Å². The second-order valence-corrected chi connectivity index (χ2v) is 2.19. The zero-order valence-electron chi connectivity index (χ0n) is 7.12. The van der Waals surface area contributed by atoms with E-state index in [-0.39, 0.29) is 0 Å². The van der Waals surface area contributed by atoms with Gasteiger partial charge >= 0.3 is 0 Å². The molecule has 0 atom stereocenters. The summed E-state index contributed by atoms with van der Waals surface area (Å²) in [6.45, 7) is 6.10. The summed E-state index contributed by atoms with van der Waals surface area (Å²) in [5, 5.41) is 0. The Morgan fingerprint density at radius 3 is 2.33 bits per heavy atom. The predicted octanol–water partition coefficient (Wildman–Crippen LogP) is 2.61. The Kier molecular flexibility index (Phi) is 3.20. The molecule has 0 heterocycles. The molecule has 2 nitrogen and oxygen atoms in total. The molecule has 0 aromatic heterocycles. The predicted molar refractivity (Wildman–Crippen MR) is 48.4 cm³/mol. The number of hydrogen-bond acceptors (Lipinski definition) is 2. The Morgan fingerprint density at radius 2 is 1.83 bits per heavy atom. The van der Waals surface area contributed by atoms with Crippen LogP contribution in [0.5, 0.6) is 11.5 Å². The minimum atomic E-state index is 0.682. The van der Waals surface area contributed by atoms with Crippen LogP contribution in [-0.4, -0.2) is 6.61 Å². The van der Waals surface area contributed by atoms with E-state index in [1.807, 2.05) is 31.2 Å². The zero-order chi connectivity index (χ0) is 8.81. The molecule has 0 saturated carbocycles. The fourth-order valence-corrected chi connectivity index (χ4v) is 0.877. The van der Waals surface area contributed by atoms with Gasteiger partial charge in [0.15, 0.2) is 0 Å². The second kappa shape index (κ2) is 4.44. The first-order chi connectivity index (χ1) is 5.86. The highest BCUT2D eigenvalue weighted by molar-refractivity contribution is 5.31.